The van der Waals surface area contributed by atoms with Crippen LogP contribution in [0.2, 0.25) is 0 Å². The summed E-state index contributed by atoms with van der Waals surface area (Å²) in [5, 5.41) is 0. The number of allylic oxidation sites excluding steroid dienone is 2. The van der Waals surface area contributed by atoms with Crippen LogP contribution in [0.3, 0.4) is 0 Å². The van der Waals surface area contributed by atoms with Crippen LogP contribution in [0.25, 0.3) is 0 Å². The van der Waals surface area contributed by atoms with Crippen molar-refractivity contribution in [3.63, 3.8) is 0 Å². The summed E-state index contributed by atoms with van der Waals surface area (Å²) in [4.78, 5) is 7.52. The van der Waals surface area contributed by atoms with E-state index in [1.807, 2.05) is 0 Å². The molecule has 0 radical (unpaired) electrons. The Morgan fingerprint density at radius 3 is 2.81 bits per heavy atom. The number of aliphatic imine (C=N–C) groups is 1. The van der Waals surface area contributed by atoms with E-state index in [9.17, 15) is 0 Å². The normalized spacial score (nSPS) is 32.8. The molecule has 0 amide bonds. The molecule has 26 heavy (non-hydrogen) atoms. The summed E-state index contributed by atoms with van der Waals surface area (Å²) < 4.78 is 0. The van der Waals surface area contributed by atoms with Crippen LogP contribution in [0, 0.1) is 11.3 Å². The zero-order chi connectivity index (χ0) is 17.7. The third kappa shape index (κ3) is 2.34. The van der Waals surface area contributed by atoms with E-state index in [4.69, 9.17) is 4.99 Å². The number of nitrogens with zero attached hydrogens (tertiary/aromatic N) is 2. The van der Waals surface area contributed by atoms with E-state index >= 15 is 0 Å². The fraction of sp³-hybridized carbons (Fsp3) is 0.542. The van der Waals surface area contributed by atoms with Crippen molar-refractivity contribution in [2.24, 2.45) is 16.3 Å². The Bertz CT molecular complexity index is 801. The van der Waals surface area contributed by atoms with Gasteiger partial charge in [-0.3, -0.25) is 4.99 Å². The highest BCUT2D eigenvalue weighted by Gasteiger charge is 2.50. The number of rotatable bonds is 3. The van der Waals surface area contributed by atoms with Gasteiger partial charge in [0.15, 0.2) is 0 Å². The quantitative estimate of drug-likeness (QED) is 0.737. The Hall–Kier alpha value is -1.83. The first kappa shape index (κ1) is 16.4. The molecule has 0 saturated carbocycles. The van der Waals surface area contributed by atoms with Crippen LogP contribution in [0.15, 0.2) is 57.7 Å². The van der Waals surface area contributed by atoms with Crippen molar-refractivity contribution in [1.82, 2.24) is 4.90 Å². The fourth-order valence-electron chi connectivity index (χ4n) is 6.08. The first-order valence-electron chi connectivity index (χ1n) is 10.4. The number of hydrogen-bond donors (Lipinski definition) is 0. The van der Waals surface area contributed by atoms with E-state index < -0.39 is 0 Å². The molecule has 0 fully saturated rings. The van der Waals surface area contributed by atoms with Crippen molar-refractivity contribution < 1.29 is 0 Å². The van der Waals surface area contributed by atoms with E-state index in [2.05, 4.69) is 55.3 Å². The summed E-state index contributed by atoms with van der Waals surface area (Å²) >= 11 is 0. The molecule has 0 spiro atoms. The maximum atomic E-state index is 4.70. The molecule has 2 heteroatoms. The highest BCUT2D eigenvalue weighted by molar-refractivity contribution is 5.62. The molecule has 5 bridgehead atoms. The minimum absolute atomic E-state index is 0.294. The molecule has 1 aromatic rings. The third-order valence-corrected chi connectivity index (χ3v) is 7.74. The molecule has 1 aromatic carbocycles. The molecule has 0 N–H and O–H groups in total. The highest BCUT2D eigenvalue weighted by Crippen LogP contribution is 2.58. The maximum Gasteiger partial charge on any atom is 0.0425 e. The number of likely N-dealkylation sites (tertiary alicyclic amines) is 1. The Labute approximate surface area is 157 Å². The van der Waals surface area contributed by atoms with Gasteiger partial charge < -0.3 is 4.90 Å². The van der Waals surface area contributed by atoms with Gasteiger partial charge in [-0.25, -0.2) is 0 Å². The standard InChI is InChI=1S/C24H30N2/c1-17-23-16-20-19-10-13-25-14-12-24(17,2)21(19)8-9-22(20)26(23)15-11-18-6-4-3-5-7-18/h3-7,14,17,23H,8-13,15-16H2,1-2H3. The lowest BCUT2D eigenvalue weighted by molar-refractivity contribution is 0.116. The maximum absolute atomic E-state index is 4.70. The van der Waals surface area contributed by atoms with Crippen molar-refractivity contribution in [1.29, 1.82) is 0 Å². The van der Waals surface area contributed by atoms with E-state index in [1.165, 1.54) is 31.4 Å². The summed E-state index contributed by atoms with van der Waals surface area (Å²) in [6.07, 6.45) is 9.49. The third-order valence-electron chi connectivity index (χ3n) is 7.74. The summed E-state index contributed by atoms with van der Waals surface area (Å²) in [7, 11) is 0. The fourth-order valence-corrected chi connectivity index (χ4v) is 6.08. The van der Waals surface area contributed by atoms with E-state index in [0.717, 1.165) is 25.8 Å². The molecule has 2 nitrogen and oxygen atoms in total. The molecule has 2 aliphatic heterocycles. The zero-order valence-electron chi connectivity index (χ0n) is 16.2. The van der Waals surface area contributed by atoms with Gasteiger partial charge in [0.1, 0.15) is 0 Å². The zero-order valence-corrected chi connectivity index (χ0v) is 16.2. The molecule has 2 aliphatic carbocycles. The predicted octanol–water partition coefficient (Wildman–Crippen LogP) is 5.17. The molecular formula is C24H30N2. The van der Waals surface area contributed by atoms with Gasteiger partial charge in [0.25, 0.3) is 0 Å². The molecule has 3 unspecified atom stereocenters. The summed E-state index contributed by atoms with van der Waals surface area (Å²) in [5.74, 6) is 0.683. The van der Waals surface area contributed by atoms with Gasteiger partial charge in [-0.15, -0.1) is 0 Å². The van der Waals surface area contributed by atoms with Crippen LogP contribution in [0.5, 0.6) is 0 Å². The Morgan fingerprint density at radius 2 is 1.96 bits per heavy atom. The van der Waals surface area contributed by atoms with Crippen molar-refractivity contribution in [3.05, 3.63) is 58.3 Å². The van der Waals surface area contributed by atoms with Gasteiger partial charge in [0.2, 0.25) is 0 Å². The topological polar surface area (TPSA) is 15.6 Å². The molecule has 2 heterocycles. The minimum Gasteiger partial charge on any atom is -0.371 e. The second kappa shape index (κ2) is 6.11. The van der Waals surface area contributed by atoms with Crippen molar-refractivity contribution >= 4 is 6.21 Å². The van der Waals surface area contributed by atoms with Crippen LogP contribution in [-0.2, 0) is 6.42 Å². The van der Waals surface area contributed by atoms with Gasteiger partial charge in [0.05, 0.1) is 0 Å². The summed E-state index contributed by atoms with van der Waals surface area (Å²) in [5.41, 5.74) is 8.67. The lowest BCUT2D eigenvalue weighted by Gasteiger charge is -2.48. The van der Waals surface area contributed by atoms with Gasteiger partial charge in [-0.1, -0.05) is 49.8 Å². The van der Waals surface area contributed by atoms with Crippen molar-refractivity contribution in [2.45, 2.75) is 58.4 Å². The van der Waals surface area contributed by atoms with Crippen molar-refractivity contribution in [3.8, 4) is 0 Å². The van der Waals surface area contributed by atoms with Crippen LogP contribution in [-0.4, -0.2) is 30.2 Å². The highest BCUT2D eigenvalue weighted by atomic mass is 15.2. The molecule has 4 aliphatic rings. The number of hydrogen-bond acceptors (Lipinski definition) is 2. The van der Waals surface area contributed by atoms with Crippen LogP contribution in [0.4, 0.5) is 0 Å². The second-order valence-electron chi connectivity index (χ2n) is 8.83. The number of benzene rings is 1. The smallest absolute Gasteiger partial charge is 0.0425 e. The van der Waals surface area contributed by atoms with Crippen LogP contribution < -0.4 is 0 Å². The summed E-state index contributed by atoms with van der Waals surface area (Å²) in [6, 6.07) is 11.7. The van der Waals surface area contributed by atoms with Crippen molar-refractivity contribution in [2.75, 3.05) is 13.1 Å². The Kier molecular flexibility index (Phi) is 3.84. The molecule has 0 saturated heterocycles. The Balaban J connectivity index is 1.52. The SMILES string of the molecule is CC1C2CC3=C(CCC4=C3CCN=CCC41C)N2CCc1ccccc1. The summed E-state index contributed by atoms with van der Waals surface area (Å²) in [6.45, 7) is 7.20. The average molecular weight is 347 g/mol. The largest absolute Gasteiger partial charge is 0.371 e. The molecular weight excluding hydrogens is 316 g/mol. The molecule has 136 valence electrons. The van der Waals surface area contributed by atoms with E-state index in [1.54, 1.807) is 22.4 Å². The Morgan fingerprint density at radius 1 is 1.12 bits per heavy atom. The first-order chi connectivity index (χ1) is 12.7. The molecule has 5 rings (SSSR count). The average Bonchev–Trinajstić information content (AvgIpc) is 3.00. The predicted molar refractivity (Wildman–Crippen MR) is 108 cm³/mol. The van der Waals surface area contributed by atoms with E-state index in [-0.39, 0.29) is 0 Å². The van der Waals surface area contributed by atoms with Gasteiger partial charge in [0, 0.05) is 24.8 Å². The minimum atomic E-state index is 0.294. The lowest BCUT2D eigenvalue weighted by Crippen LogP contribution is -2.46. The monoisotopic (exact) mass is 346 g/mol. The van der Waals surface area contributed by atoms with Gasteiger partial charge >= 0.3 is 0 Å². The first-order valence-corrected chi connectivity index (χ1v) is 10.4. The molecule has 0 aromatic heterocycles. The lowest BCUT2D eigenvalue weighted by atomic mass is 9.64. The van der Waals surface area contributed by atoms with Gasteiger partial charge in [-0.2, -0.15) is 0 Å². The molecule has 3 atom stereocenters. The number of fused-ring (bicyclic) bond motifs is 1. The van der Waals surface area contributed by atoms with E-state index in [0.29, 0.717) is 17.4 Å². The van der Waals surface area contributed by atoms with Crippen LogP contribution >= 0.6 is 0 Å². The van der Waals surface area contributed by atoms with Crippen LogP contribution in [0.1, 0.15) is 51.5 Å². The van der Waals surface area contributed by atoms with Gasteiger partial charge in [-0.05, 0) is 72.8 Å². The second-order valence-corrected chi connectivity index (χ2v) is 8.83.